The molecule has 2 heteroatoms. The van der Waals surface area contributed by atoms with Gasteiger partial charge in [-0.05, 0) is 29.0 Å². The highest BCUT2D eigenvalue weighted by molar-refractivity contribution is 5.29. The van der Waals surface area contributed by atoms with Crippen LogP contribution in [0.3, 0.4) is 0 Å². The Labute approximate surface area is 127 Å². The lowest BCUT2D eigenvalue weighted by atomic mass is 9.93. The van der Waals surface area contributed by atoms with E-state index in [0.29, 0.717) is 5.92 Å². The third-order valence-corrected chi connectivity index (χ3v) is 4.55. The minimum Gasteiger partial charge on any atom is -0.324 e. The molecule has 110 valence electrons. The highest BCUT2D eigenvalue weighted by Crippen LogP contribution is 2.23. The quantitative estimate of drug-likeness (QED) is 0.930. The maximum absolute atomic E-state index is 6.42. The number of nitrogens with two attached hydrogens (primary N) is 1. The second-order valence-corrected chi connectivity index (χ2v) is 6.17. The van der Waals surface area contributed by atoms with Crippen LogP contribution in [0, 0.1) is 5.92 Å². The maximum Gasteiger partial charge on any atom is 0.0333 e. The Bertz CT molecular complexity index is 579. The summed E-state index contributed by atoms with van der Waals surface area (Å²) in [5, 5.41) is 0. The van der Waals surface area contributed by atoms with Gasteiger partial charge in [0, 0.05) is 25.7 Å². The molecule has 2 unspecified atom stereocenters. The van der Waals surface area contributed by atoms with Crippen molar-refractivity contribution in [3.05, 3.63) is 71.3 Å². The van der Waals surface area contributed by atoms with E-state index in [9.17, 15) is 0 Å². The zero-order chi connectivity index (χ0) is 14.7. The van der Waals surface area contributed by atoms with E-state index in [1.165, 1.54) is 16.7 Å². The van der Waals surface area contributed by atoms with Crippen LogP contribution in [0.15, 0.2) is 54.6 Å². The molecule has 0 bridgehead atoms. The normalized spacial score (nSPS) is 18.0. The molecule has 0 amide bonds. The Hall–Kier alpha value is -1.64. The van der Waals surface area contributed by atoms with Crippen LogP contribution in [0.4, 0.5) is 0 Å². The molecule has 0 fully saturated rings. The third-order valence-electron chi connectivity index (χ3n) is 4.55. The molecular formula is C19H24N2. The van der Waals surface area contributed by atoms with E-state index in [1.54, 1.807) is 0 Å². The Kier molecular flexibility index (Phi) is 4.37. The summed E-state index contributed by atoms with van der Waals surface area (Å²) in [6, 6.07) is 19.3. The van der Waals surface area contributed by atoms with Crippen LogP contribution in [-0.2, 0) is 13.0 Å². The first-order valence-corrected chi connectivity index (χ1v) is 7.83. The molecule has 1 aliphatic heterocycles. The molecule has 2 nitrogen and oxygen atoms in total. The minimum absolute atomic E-state index is 0.114. The van der Waals surface area contributed by atoms with E-state index in [0.717, 1.165) is 26.1 Å². The summed E-state index contributed by atoms with van der Waals surface area (Å²) in [5.74, 6) is 0.456. The first-order valence-electron chi connectivity index (χ1n) is 7.83. The molecule has 2 atom stereocenters. The van der Waals surface area contributed by atoms with E-state index < -0.39 is 0 Å². The van der Waals surface area contributed by atoms with Crippen LogP contribution in [0.1, 0.15) is 29.7 Å². The Balaban J connectivity index is 1.62. The summed E-state index contributed by atoms with van der Waals surface area (Å²) in [4.78, 5) is 2.54. The predicted molar refractivity (Wildman–Crippen MR) is 88.0 cm³/mol. The molecule has 2 N–H and O–H groups in total. The van der Waals surface area contributed by atoms with Crippen molar-refractivity contribution in [3.63, 3.8) is 0 Å². The summed E-state index contributed by atoms with van der Waals surface area (Å²) < 4.78 is 0. The molecule has 0 aliphatic carbocycles. The van der Waals surface area contributed by atoms with Crippen molar-refractivity contribution in [3.8, 4) is 0 Å². The molecule has 0 aromatic heterocycles. The van der Waals surface area contributed by atoms with Gasteiger partial charge in [-0.15, -0.1) is 0 Å². The molecule has 3 rings (SSSR count). The molecule has 0 saturated heterocycles. The SMILES string of the molecule is CC(CN1CCc2ccccc2C1)C(N)c1ccccc1. The predicted octanol–water partition coefficient (Wildman–Crippen LogP) is 3.38. The van der Waals surface area contributed by atoms with Crippen LogP contribution in [0.2, 0.25) is 0 Å². The van der Waals surface area contributed by atoms with E-state index in [1.807, 2.05) is 6.07 Å². The lowest BCUT2D eigenvalue weighted by molar-refractivity contribution is 0.206. The van der Waals surface area contributed by atoms with Crippen molar-refractivity contribution in [1.29, 1.82) is 0 Å². The number of nitrogens with zero attached hydrogens (tertiary/aromatic N) is 1. The van der Waals surface area contributed by atoms with Gasteiger partial charge in [0.15, 0.2) is 0 Å². The Morgan fingerprint density at radius 2 is 1.67 bits per heavy atom. The molecule has 21 heavy (non-hydrogen) atoms. The van der Waals surface area contributed by atoms with Gasteiger partial charge in [0.1, 0.15) is 0 Å². The van der Waals surface area contributed by atoms with Crippen molar-refractivity contribution in [2.24, 2.45) is 11.7 Å². The fourth-order valence-electron chi connectivity index (χ4n) is 3.23. The van der Waals surface area contributed by atoms with Gasteiger partial charge < -0.3 is 5.73 Å². The first kappa shape index (κ1) is 14.3. The fraction of sp³-hybridized carbons (Fsp3) is 0.368. The number of hydrogen-bond donors (Lipinski definition) is 1. The summed E-state index contributed by atoms with van der Waals surface area (Å²) in [6.07, 6.45) is 1.16. The van der Waals surface area contributed by atoms with Crippen LogP contribution in [0.5, 0.6) is 0 Å². The smallest absolute Gasteiger partial charge is 0.0333 e. The molecule has 0 spiro atoms. The average Bonchev–Trinajstić information content (AvgIpc) is 2.55. The topological polar surface area (TPSA) is 29.3 Å². The highest BCUT2D eigenvalue weighted by Gasteiger charge is 2.21. The molecule has 1 aliphatic rings. The summed E-state index contributed by atoms with van der Waals surface area (Å²) >= 11 is 0. The van der Waals surface area contributed by atoms with Crippen LogP contribution < -0.4 is 5.73 Å². The summed E-state index contributed by atoms with van der Waals surface area (Å²) in [6.45, 7) is 5.52. The minimum atomic E-state index is 0.114. The maximum atomic E-state index is 6.42. The van der Waals surface area contributed by atoms with Crippen LogP contribution in [-0.4, -0.2) is 18.0 Å². The second kappa shape index (κ2) is 6.42. The van der Waals surface area contributed by atoms with E-state index >= 15 is 0 Å². The van der Waals surface area contributed by atoms with Gasteiger partial charge in [0.05, 0.1) is 0 Å². The number of benzene rings is 2. The van der Waals surface area contributed by atoms with Crippen LogP contribution >= 0.6 is 0 Å². The summed E-state index contributed by atoms with van der Waals surface area (Å²) in [7, 11) is 0. The van der Waals surface area contributed by atoms with Crippen molar-refractivity contribution < 1.29 is 0 Å². The van der Waals surface area contributed by atoms with E-state index in [2.05, 4.69) is 60.4 Å². The molecule has 1 heterocycles. The molecule has 2 aromatic rings. The standard InChI is InChI=1S/C19H24N2/c1-15(19(20)17-8-3-2-4-9-17)13-21-12-11-16-7-5-6-10-18(16)14-21/h2-10,15,19H,11-14,20H2,1H3. The summed E-state index contributed by atoms with van der Waals surface area (Å²) in [5.41, 5.74) is 10.6. The van der Waals surface area contributed by atoms with Crippen molar-refractivity contribution >= 4 is 0 Å². The number of hydrogen-bond acceptors (Lipinski definition) is 2. The highest BCUT2D eigenvalue weighted by atomic mass is 15.1. The van der Waals surface area contributed by atoms with Crippen molar-refractivity contribution in [2.75, 3.05) is 13.1 Å². The monoisotopic (exact) mass is 280 g/mol. The molecule has 0 radical (unpaired) electrons. The average molecular weight is 280 g/mol. The largest absolute Gasteiger partial charge is 0.324 e. The van der Waals surface area contributed by atoms with Gasteiger partial charge in [-0.25, -0.2) is 0 Å². The van der Waals surface area contributed by atoms with Gasteiger partial charge >= 0.3 is 0 Å². The Morgan fingerprint density at radius 3 is 2.43 bits per heavy atom. The second-order valence-electron chi connectivity index (χ2n) is 6.17. The molecule has 0 saturated carbocycles. The lowest BCUT2D eigenvalue weighted by Gasteiger charge is -2.32. The lowest BCUT2D eigenvalue weighted by Crippen LogP contribution is -2.37. The first-order chi connectivity index (χ1) is 10.2. The van der Waals surface area contributed by atoms with E-state index in [-0.39, 0.29) is 6.04 Å². The zero-order valence-electron chi connectivity index (χ0n) is 12.7. The van der Waals surface area contributed by atoms with Crippen molar-refractivity contribution in [2.45, 2.75) is 25.9 Å². The van der Waals surface area contributed by atoms with Gasteiger partial charge in [-0.3, -0.25) is 4.90 Å². The number of fused-ring (bicyclic) bond motifs is 1. The number of rotatable bonds is 4. The molecule has 2 aromatic carbocycles. The van der Waals surface area contributed by atoms with Gasteiger partial charge in [0.25, 0.3) is 0 Å². The Morgan fingerprint density at radius 1 is 1.00 bits per heavy atom. The van der Waals surface area contributed by atoms with Crippen molar-refractivity contribution in [1.82, 2.24) is 4.90 Å². The molecular weight excluding hydrogens is 256 g/mol. The van der Waals surface area contributed by atoms with Gasteiger partial charge in [0.2, 0.25) is 0 Å². The van der Waals surface area contributed by atoms with Crippen LogP contribution in [0.25, 0.3) is 0 Å². The fourth-order valence-corrected chi connectivity index (χ4v) is 3.23. The van der Waals surface area contributed by atoms with E-state index in [4.69, 9.17) is 5.73 Å². The third kappa shape index (κ3) is 3.34. The van der Waals surface area contributed by atoms with Gasteiger partial charge in [-0.1, -0.05) is 61.5 Å². The van der Waals surface area contributed by atoms with Gasteiger partial charge in [-0.2, -0.15) is 0 Å². The zero-order valence-corrected chi connectivity index (χ0v) is 12.7.